The summed E-state index contributed by atoms with van der Waals surface area (Å²) in [4.78, 5) is 13.5. The first-order valence-corrected chi connectivity index (χ1v) is 4.93. The largest absolute Gasteiger partial charge is 0.345 e. The van der Waals surface area contributed by atoms with E-state index in [0.29, 0.717) is 5.92 Å². The number of hydrogen-bond donors (Lipinski definition) is 0. The molecular formula is C11H19NO. The van der Waals surface area contributed by atoms with Crippen molar-refractivity contribution in [3.8, 4) is 0 Å². The summed E-state index contributed by atoms with van der Waals surface area (Å²) in [6.45, 7) is 7.13. The van der Waals surface area contributed by atoms with Crippen molar-refractivity contribution in [2.45, 2.75) is 27.2 Å². The maximum absolute atomic E-state index is 11.7. The Morgan fingerprint density at radius 2 is 2.08 bits per heavy atom. The topological polar surface area (TPSA) is 20.3 Å². The van der Waals surface area contributed by atoms with E-state index in [9.17, 15) is 4.79 Å². The van der Waals surface area contributed by atoms with E-state index >= 15 is 0 Å². The van der Waals surface area contributed by atoms with E-state index in [-0.39, 0.29) is 11.8 Å². The van der Waals surface area contributed by atoms with E-state index in [0.717, 1.165) is 13.0 Å². The van der Waals surface area contributed by atoms with Gasteiger partial charge in [0.2, 0.25) is 5.91 Å². The van der Waals surface area contributed by atoms with Crippen molar-refractivity contribution in [3.05, 3.63) is 11.6 Å². The van der Waals surface area contributed by atoms with Crippen LogP contribution in [-0.4, -0.2) is 24.4 Å². The zero-order valence-electron chi connectivity index (χ0n) is 9.00. The Balaban J connectivity index is 2.81. The molecule has 0 aromatic rings. The highest BCUT2D eigenvalue weighted by atomic mass is 16.2. The third kappa shape index (κ3) is 2.58. The second-order valence-corrected chi connectivity index (χ2v) is 4.31. The third-order valence-corrected chi connectivity index (χ3v) is 2.56. The Hall–Kier alpha value is -0.790. The number of carbonyl (C=O) groups is 1. The van der Waals surface area contributed by atoms with Crippen molar-refractivity contribution in [2.24, 2.45) is 11.8 Å². The van der Waals surface area contributed by atoms with Gasteiger partial charge in [-0.2, -0.15) is 0 Å². The molecule has 2 nitrogen and oxygen atoms in total. The van der Waals surface area contributed by atoms with Gasteiger partial charge in [0.1, 0.15) is 0 Å². The fraction of sp³-hybridized carbons (Fsp3) is 0.727. The maximum Gasteiger partial charge on any atom is 0.225 e. The van der Waals surface area contributed by atoms with Crippen LogP contribution in [0.25, 0.3) is 0 Å². The molecule has 1 heterocycles. The molecule has 1 aliphatic heterocycles. The van der Waals surface area contributed by atoms with Crippen molar-refractivity contribution in [2.75, 3.05) is 13.6 Å². The summed E-state index contributed by atoms with van der Waals surface area (Å²) < 4.78 is 0. The lowest BCUT2D eigenvalue weighted by atomic mass is 9.95. The molecule has 0 aromatic heterocycles. The Morgan fingerprint density at radius 1 is 1.46 bits per heavy atom. The summed E-state index contributed by atoms with van der Waals surface area (Å²) in [5.74, 6) is 0.912. The minimum absolute atomic E-state index is 0.147. The average molecular weight is 181 g/mol. The van der Waals surface area contributed by atoms with Crippen LogP contribution in [0.1, 0.15) is 27.2 Å². The molecule has 74 valence electrons. The van der Waals surface area contributed by atoms with E-state index in [1.54, 1.807) is 0 Å². The molecule has 2 unspecified atom stereocenters. The van der Waals surface area contributed by atoms with Gasteiger partial charge in [-0.15, -0.1) is 0 Å². The third-order valence-electron chi connectivity index (χ3n) is 2.56. The van der Waals surface area contributed by atoms with Crippen LogP contribution in [0.4, 0.5) is 0 Å². The van der Waals surface area contributed by atoms with Crippen LogP contribution in [0.2, 0.25) is 0 Å². The summed E-state index contributed by atoms with van der Waals surface area (Å²) in [6.07, 6.45) is 3.19. The summed E-state index contributed by atoms with van der Waals surface area (Å²) >= 11 is 0. The zero-order valence-corrected chi connectivity index (χ0v) is 9.00. The van der Waals surface area contributed by atoms with Gasteiger partial charge < -0.3 is 4.90 Å². The van der Waals surface area contributed by atoms with Crippen molar-refractivity contribution in [3.63, 3.8) is 0 Å². The molecule has 0 radical (unpaired) electrons. The number of nitrogens with zero attached hydrogens (tertiary/aromatic N) is 1. The average Bonchev–Trinajstić information content (AvgIpc) is 2.00. The van der Waals surface area contributed by atoms with E-state index in [1.807, 2.05) is 18.9 Å². The van der Waals surface area contributed by atoms with Crippen molar-refractivity contribution < 1.29 is 4.79 Å². The first kappa shape index (κ1) is 10.3. The van der Waals surface area contributed by atoms with Gasteiger partial charge in [-0.1, -0.05) is 25.5 Å². The highest BCUT2D eigenvalue weighted by Crippen LogP contribution is 2.19. The van der Waals surface area contributed by atoms with Crippen LogP contribution in [-0.2, 0) is 4.79 Å². The molecule has 0 bridgehead atoms. The van der Waals surface area contributed by atoms with Gasteiger partial charge in [-0.05, 0) is 19.3 Å². The molecular weight excluding hydrogens is 162 g/mol. The minimum atomic E-state index is 0.147. The van der Waals surface area contributed by atoms with Crippen molar-refractivity contribution in [1.82, 2.24) is 4.90 Å². The van der Waals surface area contributed by atoms with E-state index in [2.05, 4.69) is 19.9 Å². The Morgan fingerprint density at radius 3 is 2.69 bits per heavy atom. The molecule has 2 atom stereocenters. The molecule has 0 spiro atoms. The highest BCUT2D eigenvalue weighted by molar-refractivity contribution is 5.78. The Bertz CT molecular complexity index is 232. The van der Waals surface area contributed by atoms with E-state index in [1.165, 1.54) is 5.57 Å². The summed E-state index contributed by atoms with van der Waals surface area (Å²) in [6, 6.07) is 0. The molecule has 0 fully saturated rings. The van der Waals surface area contributed by atoms with Crippen LogP contribution in [0.3, 0.4) is 0 Å². The maximum atomic E-state index is 11.7. The van der Waals surface area contributed by atoms with Gasteiger partial charge in [0.25, 0.3) is 0 Å². The first-order chi connectivity index (χ1) is 6.00. The summed E-state index contributed by atoms with van der Waals surface area (Å²) in [5, 5.41) is 0. The summed E-state index contributed by atoms with van der Waals surface area (Å²) in [5.41, 5.74) is 1.35. The second kappa shape index (κ2) is 3.95. The number of hydrogen-bond acceptors (Lipinski definition) is 1. The number of rotatable bonds is 0. The number of amides is 1. The molecule has 1 amide bonds. The van der Waals surface area contributed by atoms with E-state index < -0.39 is 0 Å². The second-order valence-electron chi connectivity index (χ2n) is 4.31. The van der Waals surface area contributed by atoms with Crippen LogP contribution in [0, 0.1) is 11.8 Å². The lowest BCUT2D eigenvalue weighted by molar-refractivity contribution is -0.134. The predicted molar refractivity (Wildman–Crippen MR) is 54.3 cm³/mol. The monoisotopic (exact) mass is 181 g/mol. The lowest BCUT2D eigenvalue weighted by Crippen LogP contribution is -2.36. The molecule has 0 saturated heterocycles. The normalized spacial score (nSPS) is 34.9. The Kier molecular flexibility index (Phi) is 3.12. The van der Waals surface area contributed by atoms with Gasteiger partial charge in [0, 0.05) is 19.5 Å². The van der Waals surface area contributed by atoms with Gasteiger partial charge >= 0.3 is 0 Å². The minimum Gasteiger partial charge on any atom is -0.345 e. The van der Waals surface area contributed by atoms with Crippen LogP contribution in [0.5, 0.6) is 0 Å². The molecule has 1 aliphatic rings. The van der Waals surface area contributed by atoms with Gasteiger partial charge in [0.15, 0.2) is 0 Å². The van der Waals surface area contributed by atoms with E-state index in [4.69, 9.17) is 0 Å². The molecule has 13 heavy (non-hydrogen) atoms. The molecule has 0 N–H and O–H groups in total. The molecule has 0 aliphatic carbocycles. The fourth-order valence-corrected chi connectivity index (χ4v) is 2.07. The lowest BCUT2D eigenvalue weighted by Gasteiger charge is -2.26. The Labute approximate surface area is 80.6 Å². The standard InChI is InChI=1S/C11H19NO/c1-8-5-9(2)7-12(4)11(13)10(3)6-8/h5,9-10H,6-7H2,1-4H3/b8-5+. The number of allylic oxidation sites excluding steroid dienone is 1. The quantitative estimate of drug-likeness (QED) is 0.524. The predicted octanol–water partition coefficient (Wildman–Crippen LogP) is 2.07. The number of carbonyl (C=O) groups excluding carboxylic acids is 1. The van der Waals surface area contributed by atoms with Crippen LogP contribution >= 0.6 is 0 Å². The van der Waals surface area contributed by atoms with Crippen LogP contribution in [0.15, 0.2) is 11.6 Å². The molecule has 0 aromatic carbocycles. The van der Waals surface area contributed by atoms with Gasteiger partial charge in [-0.3, -0.25) is 4.79 Å². The van der Waals surface area contributed by atoms with Crippen molar-refractivity contribution in [1.29, 1.82) is 0 Å². The summed E-state index contributed by atoms with van der Waals surface area (Å²) in [7, 11) is 1.89. The van der Waals surface area contributed by atoms with Gasteiger partial charge in [-0.25, -0.2) is 0 Å². The zero-order chi connectivity index (χ0) is 10.0. The molecule has 2 heteroatoms. The first-order valence-electron chi connectivity index (χ1n) is 4.93. The van der Waals surface area contributed by atoms with Crippen LogP contribution < -0.4 is 0 Å². The molecule has 1 rings (SSSR count). The van der Waals surface area contributed by atoms with Gasteiger partial charge in [0.05, 0.1) is 0 Å². The highest BCUT2D eigenvalue weighted by Gasteiger charge is 2.21. The van der Waals surface area contributed by atoms with Crippen molar-refractivity contribution >= 4 is 5.91 Å². The molecule has 0 saturated carbocycles. The smallest absolute Gasteiger partial charge is 0.225 e. The fourth-order valence-electron chi connectivity index (χ4n) is 2.07. The SMILES string of the molecule is C/C1=C\C(C)CN(C)C(=O)C(C)C1.